The Hall–Kier alpha value is -1.78. The van der Waals surface area contributed by atoms with Gasteiger partial charge in [0.25, 0.3) is 0 Å². The van der Waals surface area contributed by atoms with Crippen molar-refractivity contribution in [3.63, 3.8) is 0 Å². The summed E-state index contributed by atoms with van der Waals surface area (Å²) in [5, 5.41) is 0. The van der Waals surface area contributed by atoms with Crippen LogP contribution in [-0.4, -0.2) is 35.9 Å². The molecule has 13 heavy (non-hydrogen) atoms. The molecule has 0 spiro atoms. The van der Waals surface area contributed by atoms with E-state index in [1.165, 1.54) is 13.3 Å². The van der Waals surface area contributed by atoms with Crippen molar-refractivity contribution in [1.29, 1.82) is 0 Å². The van der Waals surface area contributed by atoms with Crippen molar-refractivity contribution < 1.29 is 9.59 Å². The Morgan fingerprint density at radius 3 is 3.00 bits per heavy atom. The number of aliphatic imine (C=N–C) groups is 2. The molecule has 2 rings (SSSR count). The summed E-state index contributed by atoms with van der Waals surface area (Å²) in [5.41, 5.74) is 0. The van der Waals surface area contributed by atoms with Crippen LogP contribution in [0.25, 0.3) is 0 Å². The molecule has 1 atom stereocenters. The van der Waals surface area contributed by atoms with E-state index in [-0.39, 0.29) is 11.7 Å². The van der Waals surface area contributed by atoms with Gasteiger partial charge in [-0.05, 0) is 6.08 Å². The van der Waals surface area contributed by atoms with E-state index < -0.39 is 11.9 Å². The van der Waals surface area contributed by atoms with Crippen molar-refractivity contribution in [2.75, 3.05) is 7.05 Å². The predicted octanol–water partition coefficient (Wildman–Crippen LogP) is 0.234. The average molecular weight is 177 g/mol. The number of amides is 3. The fourth-order valence-electron chi connectivity index (χ4n) is 1.21. The molecule has 0 fully saturated rings. The third-order valence-corrected chi connectivity index (χ3v) is 1.97. The van der Waals surface area contributed by atoms with Crippen LogP contribution in [0.4, 0.5) is 4.79 Å². The second kappa shape index (κ2) is 2.62. The molecule has 0 saturated carbocycles. The van der Waals surface area contributed by atoms with Gasteiger partial charge in [0.2, 0.25) is 5.91 Å². The van der Waals surface area contributed by atoms with Crippen molar-refractivity contribution in [3.05, 3.63) is 12.2 Å². The molecule has 5 heteroatoms. The van der Waals surface area contributed by atoms with Crippen LogP contribution in [0, 0.1) is 5.92 Å². The summed E-state index contributed by atoms with van der Waals surface area (Å²) in [7, 11) is 1.41. The van der Waals surface area contributed by atoms with Crippen molar-refractivity contribution in [2.24, 2.45) is 15.9 Å². The minimum atomic E-state index is -0.552. The van der Waals surface area contributed by atoms with Crippen molar-refractivity contribution in [3.8, 4) is 0 Å². The number of hydrogen-bond acceptors (Lipinski definition) is 3. The van der Waals surface area contributed by atoms with Gasteiger partial charge in [-0.25, -0.2) is 9.79 Å². The van der Waals surface area contributed by atoms with Gasteiger partial charge < -0.3 is 0 Å². The third-order valence-electron chi connectivity index (χ3n) is 1.97. The van der Waals surface area contributed by atoms with Crippen LogP contribution in [0.3, 0.4) is 0 Å². The van der Waals surface area contributed by atoms with E-state index in [2.05, 4.69) is 9.98 Å². The number of rotatable bonds is 0. The Bertz CT molecular complexity index is 368. The van der Waals surface area contributed by atoms with E-state index in [1.54, 1.807) is 12.2 Å². The number of nitrogens with zero attached hydrogens (tertiary/aromatic N) is 3. The lowest BCUT2D eigenvalue weighted by Crippen LogP contribution is -2.43. The number of allylic oxidation sites excluding steroid dienone is 1. The smallest absolute Gasteiger partial charge is 0.273 e. The summed E-state index contributed by atoms with van der Waals surface area (Å²) in [6.07, 6.45) is 4.86. The standard InChI is InChI=1S/C8H7N3O2/c1-11-7(12)5-3-2-4-9-6(5)10-8(11)13/h2-5H,1H3. The van der Waals surface area contributed by atoms with Gasteiger partial charge in [0, 0.05) is 13.3 Å². The molecule has 0 aliphatic carbocycles. The summed E-state index contributed by atoms with van der Waals surface area (Å²) in [5.74, 6) is -0.466. The Morgan fingerprint density at radius 1 is 1.46 bits per heavy atom. The Balaban J connectivity index is 2.46. The van der Waals surface area contributed by atoms with Crippen LogP contribution >= 0.6 is 0 Å². The van der Waals surface area contributed by atoms with E-state index in [1.807, 2.05) is 0 Å². The first-order chi connectivity index (χ1) is 6.20. The van der Waals surface area contributed by atoms with Gasteiger partial charge in [0.1, 0.15) is 11.8 Å². The number of imide groups is 1. The molecule has 0 bridgehead atoms. The zero-order chi connectivity index (χ0) is 9.42. The maximum atomic E-state index is 11.5. The van der Waals surface area contributed by atoms with E-state index in [9.17, 15) is 9.59 Å². The number of carbonyl (C=O) groups excluding carboxylic acids is 2. The molecule has 0 N–H and O–H groups in total. The van der Waals surface area contributed by atoms with E-state index in [4.69, 9.17) is 0 Å². The van der Waals surface area contributed by atoms with Crippen LogP contribution in [0.5, 0.6) is 0 Å². The maximum absolute atomic E-state index is 11.5. The second-order valence-corrected chi connectivity index (χ2v) is 2.79. The third kappa shape index (κ3) is 1.09. The normalized spacial score (nSPS) is 26.1. The summed E-state index contributed by atoms with van der Waals surface area (Å²) in [6.45, 7) is 0. The fraction of sp³-hybridized carbons (Fsp3) is 0.250. The fourth-order valence-corrected chi connectivity index (χ4v) is 1.21. The number of fused-ring (bicyclic) bond motifs is 1. The van der Waals surface area contributed by atoms with E-state index in [0.29, 0.717) is 0 Å². The zero-order valence-corrected chi connectivity index (χ0v) is 6.97. The first kappa shape index (κ1) is 7.85. The molecule has 3 amide bonds. The van der Waals surface area contributed by atoms with Gasteiger partial charge >= 0.3 is 6.03 Å². The number of urea groups is 1. The first-order valence-electron chi connectivity index (χ1n) is 3.81. The molecule has 66 valence electrons. The van der Waals surface area contributed by atoms with Gasteiger partial charge in [0.05, 0.1) is 0 Å². The predicted molar refractivity (Wildman–Crippen MR) is 46.7 cm³/mol. The van der Waals surface area contributed by atoms with Crippen molar-refractivity contribution in [1.82, 2.24) is 4.90 Å². The van der Waals surface area contributed by atoms with Gasteiger partial charge in [-0.3, -0.25) is 9.69 Å². The van der Waals surface area contributed by atoms with Crippen molar-refractivity contribution in [2.45, 2.75) is 0 Å². The van der Waals surface area contributed by atoms with Gasteiger partial charge in [-0.2, -0.15) is 4.99 Å². The molecule has 0 radical (unpaired) electrons. The average Bonchev–Trinajstić information content (AvgIpc) is 2.15. The highest BCUT2D eigenvalue weighted by Crippen LogP contribution is 2.16. The Kier molecular flexibility index (Phi) is 1.58. The van der Waals surface area contributed by atoms with Crippen LogP contribution in [0.15, 0.2) is 22.1 Å². The first-order valence-corrected chi connectivity index (χ1v) is 3.81. The molecule has 2 heterocycles. The number of dihydropyridines is 1. The molecular weight excluding hydrogens is 170 g/mol. The zero-order valence-electron chi connectivity index (χ0n) is 6.97. The van der Waals surface area contributed by atoms with Crippen LogP contribution < -0.4 is 0 Å². The minimum absolute atomic E-state index is 0.275. The number of hydrogen-bond donors (Lipinski definition) is 0. The summed E-state index contributed by atoms with van der Waals surface area (Å²) in [6, 6.07) is -0.552. The summed E-state index contributed by atoms with van der Waals surface area (Å²) < 4.78 is 0. The molecule has 2 aliphatic rings. The van der Waals surface area contributed by atoms with Crippen LogP contribution in [0.1, 0.15) is 0 Å². The maximum Gasteiger partial charge on any atom is 0.351 e. The van der Waals surface area contributed by atoms with Gasteiger partial charge in [-0.1, -0.05) is 6.08 Å². The molecule has 5 nitrogen and oxygen atoms in total. The molecular formula is C8H7N3O2. The molecule has 0 saturated heterocycles. The highest BCUT2D eigenvalue weighted by molar-refractivity contribution is 6.19. The molecule has 0 aromatic carbocycles. The van der Waals surface area contributed by atoms with E-state index >= 15 is 0 Å². The van der Waals surface area contributed by atoms with Gasteiger partial charge in [0.15, 0.2) is 0 Å². The topological polar surface area (TPSA) is 62.1 Å². The van der Waals surface area contributed by atoms with Crippen LogP contribution in [-0.2, 0) is 4.79 Å². The Labute approximate surface area is 74.5 Å². The van der Waals surface area contributed by atoms with Crippen LogP contribution in [0.2, 0.25) is 0 Å². The molecule has 0 aromatic rings. The summed E-state index contributed by atoms with van der Waals surface area (Å²) >= 11 is 0. The quantitative estimate of drug-likeness (QED) is 0.531. The second-order valence-electron chi connectivity index (χ2n) is 2.79. The molecule has 2 aliphatic heterocycles. The Morgan fingerprint density at radius 2 is 2.23 bits per heavy atom. The summed E-state index contributed by atoms with van der Waals surface area (Å²) in [4.78, 5) is 31.1. The molecule has 0 aromatic heterocycles. The highest BCUT2D eigenvalue weighted by atomic mass is 16.2. The van der Waals surface area contributed by atoms with E-state index in [0.717, 1.165) is 4.90 Å². The van der Waals surface area contributed by atoms with Crippen molar-refractivity contribution >= 4 is 24.0 Å². The number of amidine groups is 1. The monoisotopic (exact) mass is 177 g/mol. The highest BCUT2D eigenvalue weighted by Gasteiger charge is 2.34. The SMILES string of the molecule is CN1C(=O)N=C2N=CC=CC2C1=O. The lowest BCUT2D eigenvalue weighted by atomic mass is 10.0. The number of carbonyl (C=O) groups is 2. The molecule has 1 unspecified atom stereocenters. The minimum Gasteiger partial charge on any atom is -0.273 e. The lowest BCUT2D eigenvalue weighted by Gasteiger charge is -2.23. The largest absolute Gasteiger partial charge is 0.351 e. The van der Waals surface area contributed by atoms with Gasteiger partial charge in [-0.15, -0.1) is 0 Å². The lowest BCUT2D eigenvalue weighted by molar-refractivity contribution is -0.128.